The molecule has 0 aliphatic rings. The molecule has 1 aromatic carbocycles. The van der Waals surface area contributed by atoms with Crippen LogP contribution in [0.2, 0.25) is 0 Å². The van der Waals surface area contributed by atoms with E-state index in [1.54, 1.807) is 0 Å². The number of ether oxygens (including phenoxy) is 1. The van der Waals surface area contributed by atoms with E-state index in [4.69, 9.17) is 0 Å². The van der Waals surface area contributed by atoms with E-state index in [0.29, 0.717) is 0 Å². The van der Waals surface area contributed by atoms with E-state index in [1.807, 2.05) is 0 Å². The first kappa shape index (κ1) is 12.8. The Balaban J connectivity index is 2.86. The van der Waals surface area contributed by atoms with Crippen molar-refractivity contribution >= 4 is 17.7 Å². The van der Waals surface area contributed by atoms with Gasteiger partial charge in [-0.25, -0.2) is 4.39 Å². The second-order valence-electron chi connectivity index (χ2n) is 3.15. The van der Waals surface area contributed by atoms with Crippen molar-refractivity contribution < 1.29 is 18.8 Å². The molecule has 6 heteroatoms. The summed E-state index contributed by atoms with van der Waals surface area (Å²) in [5.74, 6) is -1.05. The summed E-state index contributed by atoms with van der Waals surface area (Å²) < 4.78 is 17.6. The Morgan fingerprint density at radius 2 is 2.29 bits per heavy atom. The van der Waals surface area contributed by atoms with Gasteiger partial charge in [-0.3, -0.25) is 14.9 Å². The molecule has 0 unspecified atom stereocenters. The third-order valence-electron chi connectivity index (χ3n) is 2.00. The molecule has 0 atom stereocenters. The average Bonchev–Trinajstić information content (AvgIpc) is 2.30. The van der Waals surface area contributed by atoms with Crippen LogP contribution in [-0.4, -0.2) is 18.0 Å². The SMILES string of the molecule is COC(=O)CC=Cc1cc([N+](=O)[O-])ccc1F. The Morgan fingerprint density at radius 1 is 1.59 bits per heavy atom. The van der Waals surface area contributed by atoms with Gasteiger partial charge in [0.25, 0.3) is 5.69 Å². The highest BCUT2D eigenvalue weighted by Gasteiger charge is 2.08. The molecular weight excluding hydrogens is 229 g/mol. The monoisotopic (exact) mass is 239 g/mol. The Labute approximate surface area is 96.7 Å². The zero-order valence-corrected chi connectivity index (χ0v) is 9.05. The number of hydrogen-bond donors (Lipinski definition) is 0. The van der Waals surface area contributed by atoms with Crippen molar-refractivity contribution in [2.45, 2.75) is 6.42 Å². The molecule has 0 radical (unpaired) electrons. The molecule has 0 bridgehead atoms. The van der Waals surface area contributed by atoms with Gasteiger partial charge in [-0.2, -0.15) is 0 Å². The number of non-ortho nitro benzene ring substituents is 1. The standard InChI is InChI=1S/C11H10FNO4/c1-17-11(14)4-2-3-8-7-9(13(15)16)5-6-10(8)12/h2-3,5-7H,4H2,1H3. The number of nitro groups is 1. The first-order valence-electron chi connectivity index (χ1n) is 4.72. The van der Waals surface area contributed by atoms with E-state index in [2.05, 4.69) is 4.74 Å². The predicted octanol–water partition coefficient (Wildman–Crippen LogP) is 2.31. The fourth-order valence-electron chi connectivity index (χ4n) is 1.14. The van der Waals surface area contributed by atoms with Gasteiger partial charge in [-0.15, -0.1) is 0 Å². The van der Waals surface area contributed by atoms with Crippen molar-refractivity contribution in [3.63, 3.8) is 0 Å². The molecule has 0 heterocycles. The van der Waals surface area contributed by atoms with Crippen LogP contribution >= 0.6 is 0 Å². The van der Waals surface area contributed by atoms with E-state index >= 15 is 0 Å². The number of rotatable bonds is 4. The normalized spacial score (nSPS) is 10.5. The molecule has 0 aliphatic heterocycles. The minimum absolute atomic E-state index is 0.0152. The molecule has 0 aromatic heterocycles. The first-order chi connectivity index (χ1) is 8.04. The maximum Gasteiger partial charge on any atom is 0.309 e. The number of nitrogens with zero attached hydrogens (tertiary/aromatic N) is 1. The molecule has 0 aliphatic carbocycles. The fourth-order valence-corrected chi connectivity index (χ4v) is 1.14. The molecule has 0 amide bonds. The van der Waals surface area contributed by atoms with Gasteiger partial charge in [0.05, 0.1) is 18.5 Å². The lowest BCUT2D eigenvalue weighted by atomic mass is 10.1. The number of halogens is 1. The van der Waals surface area contributed by atoms with E-state index < -0.39 is 16.7 Å². The number of carbonyl (C=O) groups is 1. The van der Waals surface area contributed by atoms with Crippen LogP contribution in [-0.2, 0) is 9.53 Å². The molecule has 90 valence electrons. The molecule has 0 spiro atoms. The van der Waals surface area contributed by atoms with Gasteiger partial charge in [0, 0.05) is 17.7 Å². The maximum absolute atomic E-state index is 13.2. The molecule has 0 saturated heterocycles. The second kappa shape index (κ2) is 5.74. The van der Waals surface area contributed by atoms with E-state index in [1.165, 1.54) is 19.3 Å². The Morgan fingerprint density at radius 3 is 2.88 bits per heavy atom. The van der Waals surface area contributed by atoms with E-state index in [9.17, 15) is 19.3 Å². The van der Waals surface area contributed by atoms with Gasteiger partial charge in [0.2, 0.25) is 0 Å². The molecular formula is C11H10FNO4. The quantitative estimate of drug-likeness (QED) is 0.459. The van der Waals surface area contributed by atoms with Crippen molar-refractivity contribution in [3.05, 3.63) is 45.8 Å². The van der Waals surface area contributed by atoms with Gasteiger partial charge >= 0.3 is 5.97 Å². The summed E-state index contributed by atoms with van der Waals surface area (Å²) in [7, 11) is 1.24. The topological polar surface area (TPSA) is 69.4 Å². The lowest BCUT2D eigenvalue weighted by Gasteiger charge is -1.97. The van der Waals surface area contributed by atoms with Crippen molar-refractivity contribution in [1.82, 2.24) is 0 Å². The second-order valence-corrected chi connectivity index (χ2v) is 3.15. The highest BCUT2D eigenvalue weighted by Crippen LogP contribution is 2.18. The van der Waals surface area contributed by atoms with Gasteiger partial charge < -0.3 is 4.74 Å². The molecule has 5 nitrogen and oxygen atoms in total. The lowest BCUT2D eigenvalue weighted by molar-refractivity contribution is -0.384. The minimum Gasteiger partial charge on any atom is -0.469 e. The first-order valence-corrected chi connectivity index (χ1v) is 4.72. The average molecular weight is 239 g/mol. The summed E-state index contributed by atoms with van der Waals surface area (Å²) in [5, 5.41) is 10.5. The van der Waals surface area contributed by atoms with Gasteiger partial charge in [0.15, 0.2) is 0 Å². The van der Waals surface area contributed by atoms with Crippen LogP contribution in [0.3, 0.4) is 0 Å². The molecule has 1 aromatic rings. The summed E-state index contributed by atoms with van der Waals surface area (Å²) >= 11 is 0. The highest BCUT2D eigenvalue weighted by molar-refractivity contribution is 5.72. The summed E-state index contributed by atoms with van der Waals surface area (Å²) in [6.45, 7) is 0. The Kier molecular flexibility index (Phi) is 4.33. The number of nitro benzene ring substituents is 1. The number of carbonyl (C=O) groups excluding carboxylic acids is 1. The van der Waals surface area contributed by atoms with E-state index in [-0.39, 0.29) is 17.7 Å². The molecule has 17 heavy (non-hydrogen) atoms. The zero-order chi connectivity index (χ0) is 12.8. The van der Waals surface area contributed by atoms with Gasteiger partial charge in [0.1, 0.15) is 5.82 Å². The van der Waals surface area contributed by atoms with Crippen LogP contribution in [0.1, 0.15) is 12.0 Å². The fraction of sp³-hybridized carbons (Fsp3) is 0.182. The predicted molar refractivity (Wildman–Crippen MR) is 58.7 cm³/mol. The van der Waals surface area contributed by atoms with Crippen LogP contribution in [0.5, 0.6) is 0 Å². The van der Waals surface area contributed by atoms with Crippen molar-refractivity contribution in [2.75, 3.05) is 7.11 Å². The molecule has 0 saturated carbocycles. The minimum atomic E-state index is -0.614. The van der Waals surface area contributed by atoms with Crippen LogP contribution in [0.25, 0.3) is 6.08 Å². The summed E-state index contributed by atoms with van der Waals surface area (Å²) in [6, 6.07) is 3.19. The summed E-state index contributed by atoms with van der Waals surface area (Å²) in [4.78, 5) is 20.7. The molecule has 0 fully saturated rings. The highest BCUT2D eigenvalue weighted by atomic mass is 19.1. The number of esters is 1. The van der Waals surface area contributed by atoms with Crippen molar-refractivity contribution in [2.24, 2.45) is 0 Å². The Hall–Kier alpha value is -2.24. The largest absolute Gasteiger partial charge is 0.469 e. The molecule has 0 N–H and O–H groups in total. The smallest absolute Gasteiger partial charge is 0.309 e. The Bertz CT molecular complexity index is 471. The van der Waals surface area contributed by atoms with Crippen LogP contribution in [0, 0.1) is 15.9 Å². The number of benzene rings is 1. The van der Waals surface area contributed by atoms with Gasteiger partial charge in [-0.1, -0.05) is 12.2 Å². The number of hydrogen-bond acceptors (Lipinski definition) is 4. The zero-order valence-electron chi connectivity index (χ0n) is 9.05. The van der Waals surface area contributed by atoms with Crippen molar-refractivity contribution in [1.29, 1.82) is 0 Å². The third kappa shape index (κ3) is 3.67. The third-order valence-corrected chi connectivity index (χ3v) is 2.00. The summed E-state index contributed by atoms with van der Waals surface area (Å²) in [5.41, 5.74) is -0.146. The molecule has 1 rings (SSSR count). The van der Waals surface area contributed by atoms with Crippen LogP contribution in [0.15, 0.2) is 24.3 Å². The lowest BCUT2D eigenvalue weighted by Crippen LogP contribution is -1.96. The van der Waals surface area contributed by atoms with Crippen molar-refractivity contribution in [3.8, 4) is 0 Å². The van der Waals surface area contributed by atoms with Gasteiger partial charge in [-0.05, 0) is 6.07 Å². The summed E-state index contributed by atoms with van der Waals surface area (Å²) in [6.07, 6.45) is 2.67. The van der Waals surface area contributed by atoms with E-state index in [0.717, 1.165) is 18.2 Å². The maximum atomic E-state index is 13.2. The van der Waals surface area contributed by atoms with Crippen LogP contribution < -0.4 is 0 Å². The van der Waals surface area contributed by atoms with Crippen LogP contribution in [0.4, 0.5) is 10.1 Å². The number of methoxy groups -OCH3 is 1.